The zero-order valence-corrected chi connectivity index (χ0v) is 19.4. The van der Waals surface area contributed by atoms with Crippen molar-refractivity contribution in [2.75, 3.05) is 45.3 Å². The van der Waals surface area contributed by atoms with Gasteiger partial charge in [-0.3, -0.25) is 9.36 Å². The SMILES string of the molecule is CCCOCCn1c(=O)c(NCCN[C@@H](C)CO)nc2ncc(-c3ccc(OC)nc3)cc21. The van der Waals surface area contributed by atoms with Crippen molar-refractivity contribution in [2.45, 2.75) is 32.9 Å². The minimum absolute atomic E-state index is 0.0173. The Kier molecular flexibility index (Phi) is 9.11. The molecule has 0 bridgehead atoms. The van der Waals surface area contributed by atoms with Gasteiger partial charge in [0.15, 0.2) is 11.5 Å². The normalized spacial score (nSPS) is 12.1. The Labute approximate surface area is 193 Å². The first-order chi connectivity index (χ1) is 16.1. The number of ether oxygens (including phenoxy) is 2. The maximum Gasteiger partial charge on any atom is 0.293 e. The highest BCUT2D eigenvalue weighted by molar-refractivity contribution is 5.78. The first-order valence-corrected chi connectivity index (χ1v) is 11.1. The molecule has 3 aromatic rings. The van der Waals surface area contributed by atoms with Crippen LogP contribution < -0.4 is 20.9 Å². The van der Waals surface area contributed by atoms with E-state index in [1.165, 1.54) is 0 Å². The fourth-order valence-corrected chi connectivity index (χ4v) is 3.25. The van der Waals surface area contributed by atoms with Gasteiger partial charge in [-0.25, -0.2) is 15.0 Å². The molecule has 0 aromatic carbocycles. The number of aliphatic hydroxyl groups is 1. The fourth-order valence-electron chi connectivity index (χ4n) is 3.25. The number of pyridine rings is 2. The van der Waals surface area contributed by atoms with Gasteiger partial charge in [0.2, 0.25) is 5.88 Å². The Hall–Kier alpha value is -3.08. The van der Waals surface area contributed by atoms with Gasteiger partial charge in [-0.2, -0.15) is 0 Å². The molecular weight excluding hydrogens is 424 g/mol. The summed E-state index contributed by atoms with van der Waals surface area (Å²) in [5.41, 5.74) is 2.55. The van der Waals surface area contributed by atoms with Gasteiger partial charge in [-0.15, -0.1) is 0 Å². The molecule has 3 aromatic heterocycles. The lowest BCUT2D eigenvalue weighted by Gasteiger charge is -2.15. The van der Waals surface area contributed by atoms with E-state index in [4.69, 9.17) is 14.6 Å². The van der Waals surface area contributed by atoms with Crippen molar-refractivity contribution >= 4 is 17.0 Å². The Morgan fingerprint density at radius 1 is 1.15 bits per heavy atom. The lowest BCUT2D eigenvalue weighted by Crippen LogP contribution is -2.34. The van der Waals surface area contributed by atoms with Crippen LogP contribution in [0.4, 0.5) is 5.82 Å². The molecule has 10 heteroatoms. The molecule has 0 radical (unpaired) electrons. The molecule has 1 atom stereocenters. The highest BCUT2D eigenvalue weighted by Gasteiger charge is 2.14. The third-order valence-electron chi connectivity index (χ3n) is 5.07. The molecular formula is C23H32N6O4. The van der Waals surface area contributed by atoms with Gasteiger partial charge in [-0.1, -0.05) is 6.92 Å². The molecule has 0 amide bonds. The van der Waals surface area contributed by atoms with E-state index in [0.717, 1.165) is 17.5 Å². The molecule has 0 aliphatic carbocycles. The largest absolute Gasteiger partial charge is 0.481 e. The molecule has 0 saturated carbocycles. The second-order valence-electron chi connectivity index (χ2n) is 7.65. The molecule has 0 spiro atoms. The summed E-state index contributed by atoms with van der Waals surface area (Å²) in [6, 6.07) is 5.55. The summed E-state index contributed by atoms with van der Waals surface area (Å²) in [6.45, 7) is 6.48. The summed E-state index contributed by atoms with van der Waals surface area (Å²) in [6.07, 6.45) is 4.34. The molecule has 0 saturated heterocycles. The minimum atomic E-state index is -0.232. The maximum absolute atomic E-state index is 13.2. The standard InChI is InChI=1S/C23H32N6O4/c1-4-10-33-11-9-29-19-12-18(17-5-6-20(32-3)26-13-17)14-27-21(19)28-22(23(29)31)25-8-7-24-16(2)15-30/h5-6,12-14,16,24,30H,4,7-11,15H2,1-3H3,(H,25,27,28)/t16-/m0/s1. The van der Waals surface area contributed by atoms with E-state index in [0.29, 0.717) is 49.9 Å². The van der Waals surface area contributed by atoms with Gasteiger partial charge in [-0.05, 0) is 25.5 Å². The quantitative estimate of drug-likeness (QED) is 0.330. The summed E-state index contributed by atoms with van der Waals surface area (Å²) in [4.78, 5) is 26.5. The van der Waals surface area contributed by atoms with E-state index in [2.05, 4.69) is 25.6 Å². The van der Waals surface area contributed by atoms with E-state index >= 15 is 0 Å². The first kappa shape index (κ1) is 24.6. The van der Waals surface area contributed by atoms with Gasteiger partial charge in [0.05, 0.1) is 25.8 Å². The van der Waals surface area contributed by atoms with Crippen molar-refractivity contribution in [3.05, 3.63) is 40.9 Å². The van der Waals surface area contributed by atoms with E-state index in [-0.39, 0.29) is 24.0 Å². The average molecular weight is 457 g/mol. The van der Waals surface area contributed by atoms with Crippen LogP contribution in [0.15, 0.2) is 35.4 Å². The lowest BCUT2D eigenvalue weighted by atomic mass is 10.1. The number of methoxy groups -OCH3 is 1. The molecule has 33 heavy (non-hydrogen) atoms. The Bertz CT molecular complexity index is 1090. The summed E-state index contributed by atoms with van der Waals surface area (Å²) >= 11 is 0. The van der Waals surface area contributed by atoms with Crippen LogP contribution in [0.3, 0.4) is 0 Å². The summed E-state index contributed by atoms with van der Waals surface area (Å²) < 4.78 is 12.4. The fraction of sp³-hybridized carbons (Fsp3) is 0.478. The summed E-state index contributed by atoms with van der Waals surface area (Å²) in [5.74, 6) is 0.764. The summed E-state index contributed by atoms with van der Waals surface area (Å²) in [5, 5.41) is 15.4. The van der Waals surface area contributed by atoms with Crippen LogP contribution in [-0.4, -0.2) is 70.7 Å². The smallest absolute Gasteiger partial charge is 0.293 e. The molecule has 3 rings (SSSR count). The van der Waals surface area contributed by atoms with Gasteiger partial charge >= 0.3 is 0 Å². The second-order valence-corrected chi connectivity index (χ2v) is 7.65. The number of anilines is 1. The van der Waals surface area contributed by atoms with Crippen molar-refractivity contribution in [3.8, 4) is 17.0 Å². The molecule has 0 aliphatic rings. The van der Waals surface area contributed by atoms with Gasteiger partial charge in [0.25, 0.3) is 5.56 Å². The van der Waals surface area contributed by atoms with Gasteiger partial charge in [0, 0.05) is 61.9 Å². The van der Waals surface area contributed by atoms with E-state index < -0.39 is 0 Å². The second kappa shape index (κ2) is 12.2. The lowest BCUT2D eigenvalue weighted by molar-refractivity contribution is 0.127. The van der Waals surface area contributed by atoms with E-state index in [1.54, 1.807) is 30.1 Å². The third-order valence-corrected chi connectivity index (χ3v) is 5.07. The van der Waals surface area contributed by atoms with E-state index in [9.17, 15) is 4.79 Å². The topological polar surface area (TPSA) is 123 Å². The number of fused-ring (bicyclic) bond motifs is 1. The number of nitrogens with one attached hydrogen (secondary N) is 2. The molecule has 0 unspecified atom stereocenters. The Morgan fingerprint density at radius 3 is 2.67 bits per heavy atom. The zero-order valence-electron chi connectivity index (χ0n) is 19.4. The molecule has 0 fully saturated rings. The Morgan fingerprint density at radius 2 is 1.97 bits per heavy atom. The van der Waals surface area contributed by atoms with Crippen LogP contribution in [0.25, 0.3) is 22.3 Å². The van der Waals surface area contributed by atoms with Gasteiger partial charge < -0.3 is 25.2 Å². The van der Waals surface area contributed by atoms with Gasteiger partial charge in [0.1, 0.15) is 0 Å². The van der Waals surface area contributed by atoms with Crippen molar-refractivity contribution < 1.29 is 14.6 Å². The highest BCUT2D eigenvalue weighted by atomic mass is 16.5. The van der Waals surface area contributed by atoms with E-state index in [1.807, 2.05) is 26.0 Å². The number of aliphatic hydroxyl groups excluding tert-OH is 1. The van der Waals surface area contributed by atoms with Crippen LogP contribution in [-0.2, 0) is 11.3 Å². The molecule has 0 aliphatic heterocycles. The molecule has 178 valence electrons. The number of nitrogens with zero attached hydrogens (tertiary/aromatic N) is 4. The number of hydrogen-bond acceptors (Lipinski definition) is 9. The van der Waals surface area contributed by atoms with Crippen molar-refractivity contribution in [1.29, 1.82) is 0 Å². The number of aromatic nitrogens is 4. The zero-order chi connectivity index (χ0) is 23.6. The highest BCUT2D eigenvalue weighted by Crippen LogP contribution is 2.23. The van der Waals surface area contributed by atoms with Crippen molar-refractivity contribution in [2.24, 2.45) is 0 Å². The minimum Gasteiger partial charge on any atom is -0.481 e. The number of rotatable bonds is 13. The van der Waals surface area contributed by atoms with Crippen LogP contribution >= 0.6 is 0 Å². The first-order valence-electron chi connectivity index (χ1n) is 11.1. The summed E-state index contributed by atoms with van der Waals surface area (Å²) in [7, 11) is 1.57. The van der Waals surface area contributed by atoms with Crippen LogP contribution in [0.1, 0.15) is 20.3 Å². The van der Waals surface area contributed by atoms with Crippen molar-refractivity contribution in [1.82, 2.24) is 24.8 Å². The predicted molar refractivity (Wildman–Crippen MR) is 128 cm³/mol. The number of hydrogen-bond donors (Lipinski definition) is 3. The molecule has 3 heterocycles. The monoisotopic (exact) mass is 456 g/mol. The predicted octanol–water partition coefficient (Wildman–Crippen LogP) is 1.67. The maximum atomic E-state index is 13.2. The average Bonchev–Trinajstić information content (AvgIpc) is 2.85. The third kappa shape index (κ3) is 6.47. The van der Waals surface area contributed by atoms with Crippen molar-refractivity contribution in [3.63, 3.8) is 0 Å². The molecule has 10 nitrogen and oxygen atoms in total. The van der Waals surface area contributed by atoms with Crippen LogP contribution in [0.2, 0.25) is 0 Å². The van der Waals surface area contributed by atoms with Crippen LogP contribution in [0, 0.1) is 0 Å². The molecule has 3 N–H and O–H groups in total. The van der Waals surface area contributed by atoms with Crippen LogP contribution in [0.5, 0.6) is 5.88 Å². The Balaban J connectivity index is 1.92.